The van der Waals surface area contributed by atoms with E-state index in [1.807, 2.05) is 0 Å². The minimum Gasteiger partial charge on any atom is -0.461 e. The van der Waals surface area contributed by atoms with E-state index in [4.69, 9.17) is 13.9 Å². The predicted molar refractivity (Wildman–Crippen MR) is 75.5 cm³/mol. The van der Waals surface area contributed by atoms with Crippen molar-refractivity contribution in [2.24, 2.45) is 0 Å². The summed E-state index contributed by atoms with van der Waals surface area (Å²) in [7, 11) is 0. The molecule has 1 unspecified atom stereocenters. The van der Waals surface area contributed by atoms with Gasteiger partial charge < -0.3 is 18.8 Å². The number of nitrogens with zero attached hydrogens (tertiary/aromatic N) is 3. The number of carbonyl (C=O) groups excluding carboxylic acids is 1. The molecule has 1 aromatic rings. The van der Waals surface area contributed by atoms with Gasteiger partial charge in [-0.3, -0.25) is 4.90 Å². The lowest BCUT2D eigenvalue weighted by Crippen LogP contribution is -2.44. The molecule has 21 heavy (non-hydrogen) atoms. The van der Waals surface area contributed by atoms with Gasteiger partial charge in [-0.05, 0) is 13.3 Å². The lowest BCUT2D eigenvalue weighted by molar-refractivity contribution is 0.0209. The van der Waals surface area contributed by atoms with Crippen LogP contribution < -0.4 is 4.90 Å². The quantitative estimate of drug-likeness (QED) is 0.760. The van der Waals surface area contributed by atoms with E-state index in [0.717, 1.165) is 45.8 Å². The molecule has 7 heteroatoms. The molecule has 116 valence electrons. The minimum absolute atomic E-state index is 0.238. The highest BCUT2D eigenvalue weighted by Gasteiger charge is 2.31. The van der Waals surface area contributed by atoms with Crippen molar-refractivity contribution in [3.05, 3.63) is 12.0 Å². The predicted octanol–water partition coefficient (Wildman–Crippen LogP) is 0.762. The topological polar surface area (TPSA) is 68.0 Å². The number of oxazole rings is 1. The fraction of sp³-hybridized carbons (Fsp3) is 0.714. The summed E-state index contributed by atoms with van der Waals surface area (Å²) in [4.78, 5) is 20.4. The Kier molecular flexibility index (Phi) is 4.40. The highest BCUT2D eigenvalue weighted by Crippen LogP contribution is 2.23. The Morgan fingerprint density at radius 1 is 1.43 bits per heavy atom. The molecule has 0 aliphatic carbocycles. The monoisotopic (exact) mass is 295 g/mol. The van der Waals surface area contributed by atoms with E-state index in [-0.39, 0.29) is 5.69 Å². The summed E-state index contributed by atoms with van der Waals surface area (Å²) < 4.78 is 15.7. The van der Waals surface area contributed by atoms with Crippen LogP contribution in [0.1, 0.15) is 23.8 Å². The van der Waals surface area contributed by atoms with Crippen LogP contribution in [0.15, 0.2) is 10.7 Å². The highest BCUT2D eigenvalue weighted by molar-refractivity contribution is 5.87. The van der Waals surface area contributed by atoms with Gasteiger partial charge in [0.1, 0.15) is 6.26 Å². The van der Waals surface area contributed by atoms with E-state index in [2.05, 4.69) is 14.8 Å². The van der Waals surface area contributed by atoms with E-state index < -0.39 is 5.97 Å². The minimum atomic E-state index is -0.434. The Bertz CT molecular complexity index is 484. The van der Waals surface area contributed by atoms with Crippen LogP contribution in [0.3, 0.4) is 0 Å². The Morgan fingerprint density at radius 3 is 3.00 bits per heavy atom. The van der Waals surface area contributed by atoms with Gasteiger partial charge in [0.2, 0.25) is 0 Å². The summed E-state index contributed by atoms with van der Waals surface area (Å²) in [6, 6.07) is 1.01. The van der Waals surface area contributed by atoms with Crippen molar-refractivity contribution in [3.8, 4) is 0 Å². The molecule has 3 heterocycles. The van der Waals surface area contributed by atoms with Crippen molar-refractivity contribution < 1.29 is 18.7 Å². The molecule has 0 bridgehead atoms. The number of ether oxygens (including phenoxy) is 2. The van der Waals surface area contributed by atoms with Crippen molar-refractivity contribution in [1.82, 2.24) is 9.88 Å². The number of morpholine rings is 1. The highest BCUT2D eigenvalue weighted by atomic mass is 16.5. The van der Waals surface area contributed by atoms with Gasteiger partial charge >= 0.3 is 5.97 Å². The molecule has 0 aromatic carbocycles. The Hall–Kier alpha value is -1.60. The zero-order valence-corrected chi connectivity index (χ0v) is 12.3. The van der Waals surface area contributed by atoms with Gasteiger partial charge in [-0.15, -0.1) is 0 Å². The third-order valence-corrected chi connectivity index (χ3v) is 3.97. The maximum absolute atomic E-state index is 11.6. The lowest BCUT2D eigenvalue weighted by Gasteiger charge is -2.31. The fourth-order valence-electron chi connectivity index (χ4n) is 2.86. The van der Waals surface area contributed by atoms with Gasteiger partial charge in [0.25, 0.3) is 6.01 Å². The van der Waals surface area contributed by atoms with Crippen molar-refractivity contribution in [2.75, 3.05) is 50.9 Å². The molecule has 7 nitrogen and oxygen atoms in total. The first-order valence-corrected chi connectivity index (χ1v) is 7.47. The van der Waals surface area contributed by atoms with Gasteiger partial charge in [0.15, 0.2) is 5.69 Å². The summed E-state index contributed by atoms with van der Waals surface area (Å²) in [5, 5.41) is 0. The zero-order valence-electron chi connectivity index (χ0n) is 12.3. The standard InChI is InChI=1S/C14H21N3O4/c1-2-20-13(18)12-10-21-14(15-12)17-4-3-11(9-17)16-5-7-19-8-6-16/h10-11H,2-9H2,1H3. The maximum atomic E-state index is 11.6. The first-order valence-electron chi connectivity index (χ1n) is 7.47. The number of anilines is 1. The molecule has 2 saturated heterocycles. The van der Waals surface area contributed by atoms with Crippen LogP contribution in [0.25, 0.3) is 0 Å². The molecule has 0 saturated carbocycles. The van der Waals surface area contributed by atoms with E-state index >= 15 is 0 Å². The molecule has 0 amide bonds. The molecular formula is C14H21N3O4. The van der Waals surface area contributed by atoms with Crippen LogP contribution >= 0.6 is 0 Å². The average Bonchev–Trinajstić information content (AvgIpc) is 3.17. The van der Waals surface area contributed by atoms with Crippen molar-refractivity contribution >= 4 is 12.0 Å². The van der Waals surface area contributed by atoms with Gasteiger partial charge in [-0.25, -0.2) is 4.79 Å². The largest absolute Gasteiger partial charge is 0.461 e. The number of carbonyl (C=O) groups is 1. The van der Waals surface area contributed by atoms with Crippen LogP contribution in [0.2, 0.25) is 0 Å². The van der Waals surface area contributed by atoms with Gasteiger partial charge in [0, 0.05) is 32.2 Å². The lowest BCUT2D eigenvalue weighted by atomic mass is 10.2. The van der Waals surface area contributed by atoms with Crippen LogP contribution in [0.5, 0.6) is 0 Å². The van der Waals surface area contributed by atoms with E-state index in [1.165, 1.54) is 6.26 Å². The Balaban J connectivity index is 1.59. The summed E-state index contributed by atoms with van der Waals surface area (Å²) in [6.07, 6.45) is 2.45. The molecule has 2 aliphatic heterocycles. The van der Waals surface area contributed by atoms with Crippen LogP contribution in [0.4, 0.5) is 6.01 Å². The molecule has 0 spiro atoms. The number of hydrogen-bond acceptors (Lipinski definition) is 7. The summed E-state index contributed by atoms with van der Waals surface area (Å²) in [6.45, 7) is 7.46. The molecular weight excluding hydrogens is 274 g/mol. The second-order valence-corrected chi connectivity index (χ2v) is 5.27. The molecule has 3 rings (SSSR count). The second-order valence-electron chi connectivity index (χ2n) is 5.27. The summed E-state index contributed by atoms with van der Waals surface area (Å²) in [5.74, 6) is -0.434. The fourth-order valence-corrected chi connectivity index (χ4v) is 2.86. The Labute approximate surface area is 123 Å². The number of hydrogen-bond donors (Lipinski definition) is 0. The third-order valence-electron chi connectivity index (χ3n) is 3.97. The van der Waals surface area contributed by atoms with Gasteiger partial charge in [0.05, 0.1) is 19.8 Å². The van der Waals surface area contributed by atoms with Crippen LogP contribution in [-0.2, 0) is 9.47 Å². The van der Waals surface area contributed by atoms with Crippen LogP contribution in [-0.4, -0.2) is 67.9 Å². The maximum Gasteiger partial charge on any atom is 0.360 e. The summed E-state index contributed by atoms with van der Waals surface area (Å²) in [5.41, 5.74) is 0.238. The van der Waals surface area contributed by atoms with E-state index in [0.29, 0.717) is 18.7 Å². The molecule has 1 atom stereocenters. The van der Waals surface area contributed by atoms with Gasteiger partial charge in [-0.1, -0.05) is 0 Å². The van der Waals surface area contributed by atoms with E-state index in [9.17, 15) is 4.79 Å². The first-order chi connectivity index (χ1) is 10.3. The molecule has 0 radical (unpaired) electrons. The SMILES string of the molecule is CCOC(=O)c1coc(N2CCC(N3CCOCC3)C2)n1. The van der Waals surface area contributed by atoms with Crippen molar-refractivity contribution in [1.29, 1.82) is 0 Å². The number of aromatic nitrogens is 1. The zero-order chi connectivity index (χ0) is 14.7. The first kappa shape index (κ1) is 14.3. The van der Waals surface area contributed by atoms with Gasteiger partial charge in [-0.2, -0.15) is 4.98 Å². The average molecular weight is 295 g/mol. The number of esters is 1. The van der Waals surface area contributed by atoms with E-state index in [1.54, 1.807) is 6.92 Å². The molecule has 2 aliphatic rings. The molecule has 0 N–H and O–H groups in total. The molecule has 2 fully saturated rings. The van der Waals surface area contributed by atoms with Crippen molar-refractivity contribution in [3.63, 3.8) is 0 Å². The third kappa shape index (κ3) is 3.19. The van der Waals surface area contributed by atoms with Crippen molar-refractivity contribution in [2.45, 2.75) is 19.4 Å². The normalized spacial score (nSPS) is 23.5. The number of rotatable bonds is 4. The smallest absolute Gasteiger partial charge is 0.360 e. The molecule has 1 aromatic heterocycles. The summed E-state index contributed by atoms with van der Waals surface area (Å²) >= 11 is 0. The second kappa shape index (κ2) is 6.44. The Morgan fingerprint density at radius 2 is 2.24 bits per heavy atom. The van der Waals surface area contributed by atoms with Crippen LogP contribution in [0, 0.1) is 0 Å².